The molecule has 0 spiro atoms. The molecule has 1 aromatic rings. The van der Waals surface area contributed by atoms with E-state index in [0.717, 1.165) is 35.4 Å². The first-order chi connectivity index (χ1) is 7.27. The van der Waals surface area contributed by atoms with Gasteiger partial charge in [0, 0.05) is 19.3 Å². The van der Waals surface area contributed by atoms with Gasteiger partial charge in [0.05, 0.1) is 9.35 Å². The molecule has 1 aliphatic rings. The van der Waals surface area contributed by atoms with E-state index in [1.54, 1.807) is 0 Å². The normalized spacial score (nSPS) is 17.7. The number of carbonyl (C=O) groups excluding carboxylic acids is 1. The van der Waals surface area contributed by atoms with Crippen molar-refractivity contribution in [2.24, 2.45) is 0 Å². The van der Waals surface area contributed by atoms with Gasteiger partial charge in [-0.25, -0.2) is 0 Å². The molecule has 0 atom stereocenters. The van der Waals surface area contributed by atoms with Crippen LogP contribution in [0.4, 0.5) is 0 Å². The van der Waals surface area contributed by atoms with Crippen molar-refractivity contribution in [3.63, 3.8) is 0 Å². The van der Waals surface area contributed by atoms with Gasteiger partial charge in [0.25, 0.3) is 5.91 Å². The molecule has 82 valence electrons. The Morgan fingerprint density at radius 3 is 2.87 bits per heavy atom. The molecule has 0 aliphatic carbocycles. The number of amides is 1. The first-order valence-electron chi connectivity index (χ1n) is 4.89. The summed E-state index contributed by atoms with van der Waals surface area (Å²) in [6, 6.07) is 2.10. The number of thiophene rings is 1. The highest BCUT2D eigenvalue weighted by molar-refractivity contribution is 9.11. The fraction of sp³-hybridized carbons (Fsp3) is 0.500. The van der Waals surface area contributed by atoms with Crippen LogP contribution in [0.5, 0.6) is 0 Å². The summed E-state index contributed by atoms with van der Waals surface area (Å²) < 4.78 is 6.13. The second kappa shape index (κ2) is 5.09. The summed E-state index contributed by atoms with van der Waals surface area (Å²) in [4.78, 5) is 11.8. The highest BCUT2D eigenvalue weighted by Crippen LogP contribution is 2.23. The molecule has 3 nitrogen and oxygen atoms in total. The molecule has 1 amide bonds. The van der Waals surface area contributed by atoms with Crippen LogP contribution in [0.15, 0.2) is 15.2 Å². The van der Waals surface area contributed by atoms with Crippen LogP contribution in [0, 0.1) is 0 Å². The SMILES string of the molecule is O=C(NC1CCOCC1)c1ccsc1Br. The van der Waals surface area contributed by atoms with Gasteiger partial charge in [-0.05, 0) is 40.2 Å². The van der Waals surface area contributed by atoms with Gasteiger partial charge in [0.15, 0.2) is 0 Å². The molecule has 1 saturated heterocycles. The summed E-state index contributed by atoms with van der Waals surface area (Å²) in [6.07, 6.45) is 1.82. The van der Waals surface area contributed by atoms with Gasteiger partial charge in [-0.3, -0.25) is 4.79 Å². The van der Waals surface area contributed by atoms with E-state index in [4.69, 9.17) is 4.74 Å². The maximum atomic E-state index is 11.8. The number of nitrogens with one attached hydrogen (secondary N) is 1. The van der Waals surface area contributed by atoms with Crippen LogP contribution in [0.2, 0.25) is 0 Å². The van der Waals surface area contributed by atoms with E-state index in [1.807, 2.05) is 11.4 Å². The zero-order valence-corrected chi connectivity index (χ0v) is 10.6. The number of carbonyl (C=O) groups is 1. The maximum absolute atomic E-state index is 11.8. The number of rotatable bonds is 2. The monoisotopic (exact) mass is 289 g/mol. The molecule has 1 aliphatic heterocycles. The van der Waals surface area contributed by atoms with Crippen LogP contribution >= 0.6 is 27.3 Å². The van der Waals surface area contributed by atoms with Gasteiger partial charge in [-0.15, -0.1) is 11.3 Å². The molecule has 0 aromatic carbocycles. The smallest absolute Gasteiger partial charge is 0.253 e. The lowest BCUT2D eigenvalue weighted by Gasteiger charge is -2.22. The largest absolute Gasteiger partial charge is 0.381 e. The molecule has 15 heavy (non-hydrogen) atoms. The number of ether oxygens (including phenoxy) is 1. The Hall–Kier alpha value is -0.390. The summed E-state index contributed by atoms with van der Waals surface area (Å²) in [5.74, 6) is 0.00928. The highest BCUT2D eigenvalue weighted by atomic mass is 79.9. The third-order valence-corrected chi connectivity index (χ3v) is 4.11. The van der Waals surface area contributed by atoms with E-state index >= 15 is 0 Å². The second-order valence-electron chi connectivity index (χ2n) is 3.47. The van der Waals surface area contributed by atoms with Gasteiger partial charge in [-0.2, -0.15) is 0 Å². The van der Waals surface area contributed by atoms with Crippen molar-refractivity contribution in [1.29, 1.82) is 0 Å². The molecule has 0 bridgehead atoms. The summed E-state index contributed by atoms with van der Waals surface area (Å²) in [5, 5.41) is 4.93. The molecule has 1 fully saturated rings. The van der Waals surface area contributed by atoms with Crippen LogP contribution in [0.25, 0.3) is 0 Å². The van der Waals surface area contributed by atoms with Gasteiger partial charge in [0.1, 0.15) is 0 Å². The van der Waals surface area contributed by atoms with Crippen LogP contribution in [0.1, 0.15) is 23.2 Å². The number of hydrogen-bond acceptors (Lipinski definition) is 3. The third-order valence-electron chi connectivity index (χ3n) is 2.42. The first kappa shape index (κ1) is 11.1. The van der Waals surface area contributed by atoms with Crippen LogP contribution < -0.4 is 5.32 Å². The quantitative estimate of drug-likeness (QED) is 0.908. The van der Waals surface area contributed by atoms with Crippen molar-refractivity contribution in [3.8, 4) is 0 Å². The van der Waals surface area contributed by atoms with Crippen molar-refractivity contribution in [2.75, 3.05) is 13.2 Å². The first-order valence-corrected chi connectivity index (χ1v) is 6.56. The zero-order chi connectivity index (χ0) is 10.7. The average Bonchev–Trinajstić information content (AvgIpc) is 2.66. The minimum Gasteiger partial charge on any atom is -0.381 e. The van der Waals surface area contributed by atoms with E-state index < -0.39 is 0 Å². The Kier molecular flexibility index (Phi) is 3.77. The Labute approximate surface area is 101 Å². The van der Waals surface area contributed by atoms with Crippen LogP contribution in [-0.2, 0) is 4.74 Å². The Morgan fingerprint density at radius 1 is 1.53 bits per heavy atom. The van der Waals surface area contributed by atoms with Crippen molar-refractivity contribution in [3.05, 3.63) is 20.8 Å². The summed E-state index contributed by atoms with van der Waals surface area (Å²) in [7, 11) is 0. The van der Waals surface area contributed by atoms with Gasteiger partial charge in [0.2, 0.25) is 0 Å². The van der Waals surface area contributed by atoms with Gasteiger partial charge >= 0.3 is 0 Å². The van der Waals surface area contributed by atoms with Crippen molar-refractivity contribution in [1.82, 2.24) is 5.32 Å². The average molecular weight is 290 g/mol. The third kappa shape index (κ3) is 2.80. The Balaban J connectivity index is 1.94. The molecule has 5 heteroatoms. The predicted octanol–water partition coefficient (Wildman–Crippen LogP) is 2.42. The van der Waals surface area contributed by atoms with Crippen LogP contribution in [0.3, 0.4) is 0 Å². The van der Waals surface area contributed by atoms with E-state index in [9.17, 15) is 4.79 Å². The molecule has 0 radical (unpaired) electrons. The molecule has 1 aromatic heterocycles. The fourth-order valence-electron chi connectivity index (χ4n) is 1.56. The standard InChI is InChI=1S/C10H12BrNO2S/c11-9-8(3-6-15-9)10(13)12-7-1-4-14-5-2-7/h3,6-7H,1-2,4-5H2,(H,12,13). The lowest BCUT2D eigenvalue weighted by Crippen LogP contribution is -2.38. The molecule has 0 unspecified atom stereocenters. The number of halogens is 1. The van der Waals surface area contributed by atoms with E-state index in [1.165, 1.54) is 11.3 Å². The van der Waals surface area contributed by atoms with Crippen molar-refractivity contribution in [2.45, 2.75) is 18.9 Å². The minimum atomic E-state index is 0.00928. The van der Waals surface area contributed by atoms with Crippen molar-refractivity contribution < 1.29 is 9.53 Å². The van der Waals surface area contributed by atoms with Gasteiger partial charge < -0.3 is 10.1 Å². The van der Waals surface area contributed by atoms with E-state index in [-0.39, 0.29) is 11.9 Å². The highest BCUT2D eigenvalue weighted by Gasteiger charge is 2.18. The molecular weight excluding hydrogens is 278 g/mol. The number of hydrogen-bond donors (Lipinski definition) is 1. The van der Waals surface area contributed by atoms with E-state index in [2.05, 4.69) is 21.2 Å². The fourth-order valence-corrected chi connectivity index (χ4v) is 2.81. The van der Waals surface area contributed by atoms with E-state index in [0.29, 0.717) is 0 Å². The summed E-state index contributed by atoms with van der Waals surface area (Å²) in [6.45, 7) is 1.49. The zero-order valence-electron chi connectivity index (χ0n) is 8.16. The van der Waals surface area contributed by atoms with Crippen molar-refractivity contribution >= 4 is 33.2 Å². The Morgan fingerprint density at radius 2 is 2.27 bits per heavy atom. The minimum absolute atomic E-state index is 0.00928. The molecular formula is C10H12BrNO2S. The molecule has 0 saturated carbocycles. The second-order valence-corrected chi connectivity index (χ2v) is 5.70. The van der Waals surface area contributed by atoms with Gasteiger partial charge in [-0.1, -0.05) is 0 Å². The maximum Gasteiger partial charge on any atom is 0.253 e. The molecule has 1 N–H and O–H groups in total. The van der Waals surface area contributed by atoms with Crippen LogP contribution in [-0.4, -0.2) is 25.2 Å². The lowest BCUT2D eigenvalue weighted by atomic mass is 10.1. The molecule has 2 rings (SSSR count). The molecule has 2 heterocycles. The lowest BCUT2D eigenvalue weighted by molar-refractivity contribution is 0.0696. The summed E-state index contributed by atoms with van der Waals surface area (Å²) in [5.41, 5.74) is 0.728. The predicted molar refractivity (Wildman–Crippen MR) is 63.3 cm³/mol. The summed E-state index contributed by atoms with van der Waals surface area (Å²) >= 11 is 4.89. The Bertz CT molecular complexity index is 347. The topological polar surface area (TPSA) is 38.3 Å².